The molecule has 0 bridgehead atoms. The van der Waals surface area contributed by atoms with Crippen LogP contribution < -0.4 is 15.7 Å². The fraction of sp³-hybridized carbons (Fsp3) is 0.200. The molecule has 2 amide bonds. The number of aliphatic imine (C=N–C) groups is 1. The van der Waals surface area contributed by atoms with Crippen molar-refractivity contribution < 1.29 is 18.7 Å². The number of ether oxygens (including phenoxy) is 1. The lowest BCUT2D eigenvalue weighted by atomic mass is 10.1. The van der Waals surface area contributed by atoms with E-state index in [0.29, 0.717) is 11.3 Å². The van der Waals surface area contributed by atoms with Crippen molar-refractivity contribution in [3.63, 3.8) is 0 Å². The minimum absolute atomic E-state index is 0.178. The standard InChI is InChI=1S/C15H12N2O5S/c1-8-4-14(20)22-11-5-9(2-3-10(8)11)21-6-12(18)16-15-17-13(19)7-23-15/h2-5H,6-7H2,1H3,(H,16,17,18,19). The van der Waals surface area contributed by atoms with E-state index >= 15 is 0 Å². The molecule has 118 valence electrons. The molecule has 2 heterocycles. The van der Waals surface area contributed by atoms with Crippen molar-refractivity contribution in [2.45, 2.75) is 6.92 Å². The van der Waals surface area contributed by atoms with Gasteiger partial charge >= 0.3 is 5.63 Å². The molecular formula is C15H12N2O5S. The van der Waals surface area contributed by atoms with Crippen LogP contribution in [0, 0.1) is 6.92 Å². The topological polar surface area (TPSA) is 98.0 Å². The monoisotopic (exact) mass is 332 g/mol. The number of aryl methyl sites for hydroxylation is 1. The van der Waals surface area contributed by atoms with Gasteiger partial charge in [0.05, 0.1) is 5.75 Å². The van der Waals surface area contributed by atoms with Crippen LogP contribution >= 0.6 is 11.8 Å². The summed E-state index contributed by atoms with van der Waals surface area (Å²) in [5.74, 6) is -0.0402. The molecule has 2 aromatic rings. The molecule has 0 saturated carbocycles. The molecule has 7 nitrogen and oxygen atoms in total. The zero-order valence-electron chi connectivity index (χ0n) is 12.1. The third-order valence-corrected chi connectivity index (χ3v) is 3.97. The Hall–Kier alpha value is -2.61. The molecule has 3 rings (SSSR count). The fourth-order valence-corrected chi connectivity index (χ4v) is 2.76. The van der Waals surface area contributed by atoms with Crippen LogP contribution in [0.2, 0.25) is 0 Å². The van der Waals surface area contributed by atoms with Gasteiger partial charge in [-0.25, -0.2) is 4.79 Å². The summed E-state index contributed by atoms with van der Waals surface area (Å²) in [4.78, 5) is 37.8. The Kier molecular flexibility index (Phi) is 4.16. The van der Waals surface area contributed by atoms with Crippen molar-refractivity contribution in [2.24, 2.45) is 4.99 Å². The van der Waals surface area contributed by atoms with Crippen molar-refractivity contribution >= 4 is 39.7 Å². The Balaban J connectivity index is 1.71. The zero-order valence-corrected chi connectivity index (χ0v) is 12.9. The summed E-state index contributed by atoms with van der Waals surface area (Å²) in [5, 5.41) is 3.55. The van der Waals surface area contributed by atoms with E-state index in [9.17, 15) is 14.4 Å². The predicted molar refractivity (Wildman–Crippen MR) is 85.8 cm³/mol. The van der Waals surface area contributed by atoms with Crippen LogP contribution in [0.4, 0.5) is 0 Å². The summed E-state index contributed by atoms with van der Waals surface area (Å²) in [6.07, 6.45) is 0. The Bertz CT molecular complexity index is 887. The predicted octanol–water partition coefficient (Wildman–Crippen LogP) is 1.23. The lowest BCUT2D eigenvalue weighted by Gasteiger charge is -2.06. The van der Waals surface area contributed by atoms with Crippen molar-refractivity contribution in [2.75, 3.05) is 12.4 Å². The second-order valence-electron chi connectivity index (χ2n) is 4.84. The molecule has 0 spiro atoms. The largest absolute Gasteiger partial charge is 0.484 e. The highest BCUT2D eigenvalue weighted by molar-refractivity contribution is 8.15. The second-order valence-corrected chi connectivity index (χ2v) is 5.81. The number of amidine groups is 1. The van der Waals surface area contributed by atoms with Gasteiger partial charge in [-0.2, -0.15) is 4.99 Å². The molecule has 1 N–H and O–H groups in total. The van der Waals surface area contributed by atoms with Crippen molar-refractivity contribution in [1.82, 2.24) is 5.32 Å². The minimum Gasteiger partial charge on any atom is -0.484 e. The molecule has 0 atom stereocenters. The lowest BCUT2D eigenvalue weighted by Crippen LogP contribution is -2.22. The third-order valence-electron chi connectivity index (χ3n) is 3.10. The summed E-state index contributed by atoms with van der Waals surface area (Å²) >= 11 is 1.17. The second kappa shape index (κ2) is 6.25. The Labute approximate surface area is 134 Å². The highest BCUT2D eigenvalue weighted by atomic mass is 32.2. The van der Waals surface area contributed by atoms with Crippen molar-refractivity contribution in [1.29, 1.82) is 0 Å². The number of carbonyl (C=O) groups is 2. The highest BCUT2D eigenvalue weighted by Gasteiger charge is 2.17. The number of thioether (sulfide) groups is 1. The Morgan fingerprint density at radius 2 is 2.22 bits per heavy atom. The fourth-order valence-electron chi connectivity index (χ4n) is 2.07. The summed E-state index contributed by atoms with van der Waals surface area (Å²) in [5.41, 5.74) is 0.757. The van der Waals surface area contributed by atoms with Gasteiger partial charge < -0.3 is 14.5 Å². The van der Waals surface area contributed by atoms with E-state index in [1.807, 2.05) is 6.92 Å². The summed E-state index contributed by atoms with van der Waals surface area (Å²) in [6.45, 7) is 1.54. The van der Waals surface area contributed by atoms with Gasteiger partial charge in [-0.05, 0) is 24.6 Å². The summed E-state index contributed by atoms with van der Waals surface area (Å²) < 4.78 is 10.5. The normalized spacial score (nSPS) is 15.9. The van der Waals surface area contributed by atoms with E-state index in [1.54, 1.807) is 18.2 Å². The van der Waals surface area contributed by atoms with E-state index in [4.69, 9.17) is 9.15 Å². The number of carbonyl (C=O) groups excluding carboxylic acids is 2. The quantitative estimate of drug-likeness (QED) is 0.849. The van der Waals surface area contributed by atoms with Crippen LogP contribution in [0.1, 0.15) is 5.56 Å². The number of hydrogen-bond donors (Lipinski definition) is 1. The number of nitrogens with one attached hydrogen (secondary N) is 1. The molecular weight excluding hydrogens is 320 g/mol. The smallest absolute Gasteiger partial charge is 0.336 e. The molecule has 0 radical (unpaired) electrons. The number of hydrogen-bond acceptors (Lipinski definition) is 6. The first-order valence-electron chi connectivity index (χ1n) is 6.73. The van der Waals surface area contributed by atoms with E-state index in [2.05, 4.69) is 10.3 Å². The maximum atomic E-state index is 11.7. The molecule has 0 unspecified atom stereocenters. The van der Waals surface area contributed by atoms with Crippen LogP contribution in [0.15, 0.2) is 38.5 Å². The minimum atomic E-state index is -0.513. The summed E-state index contributed by atoms with van der Waals surface area (Å²) in [7, 11) is 0. The van der Waals surface area contributed by atoms with Gasteiger partial charge in [0, 0.05) is 17.5 Å². The van der Waals surface area contributed by atoms with Gasteiger partial charge in [0.25, 0.3) is 5.91 Å². The van der Waals surface area contributed by atoms with Gasteiger partial charge in [-0.1, -0.05) is 11.8 Å². The van der Waals surface area contributed by atoms with Gasteiger partial charge in [0.2, 0.25) is 5.91 Å². The first-order valence-corrected chi connectivity index (χ1v) is 7.71. The van der Waals surface area contributed by atoms with Gasteiger partial charge in [-0.3, -0.25) is 9.59 Å². The average molecular weight is 332 g/mol. The van der Waals surface area contributed by atoms with Crippen LogP contribution in [0.5, 0.6) is 5.75 Å². The highest BCUT2D eigenvalue weighted by Crippen LogP contribution is 2.22. The van der Waals surface area contributed by atoms with Crippen molar-refractivity contribution in [3.8, 4) is 5.75 Å². The molecule has 1 saturated heterocycles. The van der Waals surface area contributed by atoms with Crippen LogP contribution in [-0.2, 0) is 9.59 Å². The van der Waals surface area contributed by atoms with Crippen molar-refractivity contribution in [3.05, 3.63) is 40.2 Å². The maximum absolute atomic E-state index is 11.7. The van der Waals surface area contributed by atoms with Gasteiger partial charge in [-0.15, -0.1) is 0 Å². The average Bonchev–Trinajstić information content (AvgIpc) is 2.89. The van der Waals surface area contributed by atoms with E-state index in [1.165, 1.54) is 17.8 Å². The first-order chi connectivity index (χ1) is 11.0. The lowest BCUT2D eigenvalue weighted by molar-refractivity contribution is -0.119. The molecule has 0 aliphatic carbocycles. The molecule has 1 fully saturated rings. The number of rotatable bonds is 3. The van der Waals surface area contributed by atoms with E-state index in [-0.39, 0.29) is 23.4 Å². The Morgan fingerprint density at radius 1 is 1.39 bits per heavy atom. The van der Waals surface area contributed by atoms with Gasteiger partial charge in [0.15, 0.2) is 11.8 Å². The molecule has 23 heavy (non-hydrogen) atoms. The molecule has 1 aliphatic rings. The van der Waals surface area contributed by atoms with Crippen LogP contribution in [-0.4, -0.2) is 29.3 Å². The van der Waals surface area contributed by atoms with Crippen LogP contribution in [0.3, 0.4) is 0 Å². The number of benzene rings is 1. The van der Waals surface area contributed by atoms with Crippen LogP contribution in [0.25, 0.3) is 11.0 Å². The molecule has 1 aliphatic heterocycles. The first kappa shape index (κ1) is 15.3. The number of fused-ring (bicyclic) bond motifs is 1. The Morgan fingerprint density at radius 3 is 2.96 bits per heavy atom. The molecule has 1 aromatic carbocycles. The SMILES string of the molecule is Cc1cc(=O)oc2cc(OCC(=O)N=C3NC(=O)CS3)ccc12. The van der Waals surface area contributed by atoms with E-state index in [0.717, 1.165) is 10.9 Å². The summed E-state index contributed by atoms with van der Waals surface area (Å²) in [6, 6.07) is 6.40. The van der Waals surface area contributed by atoms with E-state index < -0.39 is 11.5 Å². The number of nitrogens with zero attached hydrogens (tertiary/aromatic N) is 1. The molecule has 8 heteroatoms. The number of amides is 2. The third kappa shape index (κ3) is 3.59. The maximum Gasteiger partial charge on any atom is 0.336 e. The molecule has 1 aromatic heterocycles. The zero-order chi connectivity index (χ0) is 16.4. The van der Waals surface area contributed by atoms with Gasteiger partial charge in [0.1, 0.15) is 11.3 Å².